The maximum atomic E-state index is 5.99. The van der Waals surface area contributed by atoms with E-state index in [4.69, 9.17) is 5.73 Å². The molecule has 1 saturated heterocycles. The fraction of sp³-hybridized carbons (Fsp3) is 0.571. The Hall–Kier alpha value is -0.580. The van der Waals surface area contributed by atoms with E-state index in [0.29, 0.717) is 6.54 Å². The molecule has 4 heteroatoms. The lowest BCUT2D eigenvalue weighted by molar-refractivity contribution is 0.184. The van der Waals surface area contributed by atoms with E-state index in [2.05, 4.69) is 64.9 Å². The lowest BCUT2D eigenvalue weighted by atomic mass is 9.97. The van der Waals surface area contributed by atoms with Gasteiger partial charge >= 0.3 is 0 Å². The van der Waals surface area contributed by atoms with Crippen LogP contribution in [0.2, 0.25) is 0 Å². The van der Waals surface area contributed by atoms with Gasteiger partial charge in [0, 0.05) is 29.8 Å². The van der Waals surface area contributed by atoms with Crippen LogP contribution < -0.4 is 10.6 Å². The van der Waals surface area contributed by atoms with Crippen molar-refractivity contribution in [1.82, 2.24) is 4.90 Å². The largest absolute Gasteiger partial charge is 0.370 e. The van der Waals surface area contributed by atoms with Crippen LogP contribution in [-0.2, 0) is 0 Å². The van der Waals surface area contributed by atoms with E-state index in [1.54, 1.807) is 0 Å². The minimum Gasteiger partial charge on any atom is -0.370 e. The summed E-state index contributed by atoms with van der Waals surface area (Å²) in [5.74, 6) is 0. The van der Waals surface area contributed by atoms with Gasteiger partial charge in [-0.1, -0.05) is 15.9 Å². The van der Waals surface area contributed by atoms with Gasteiger partial charge in [0.25, 0.3) is 0 Å². The second-order valence-electron chi connectivity index (χ2n) is 5.43. The van der Waals surface area contributed by atoms with Gasteiger partial charge in [-0.25, -0.2) is 0 Å². The molecule has 1 aromatic rings. The summed E-state index contributed by atoms with van der Waals surface area (Å²) in [4.78, 5) is 4.71. The number of benzene rings is 1. The van der Waals surface area contributed by atoms with Crippen molar-refractivity contribution in [2.75, 3.05) is 38.6 Å². The SMILES string of the molecule is Cc1cc(N2CCC(CN)(N(C)C)C2)ccc1Br. The molecule has 1 heterocycles. The first-order chi connectivity index (χ1) is 8.48. The minimum atomic E-state index is 0.126. The molecule has 1 atom stereocenters. The Morgan fingerprint density at radius 2 is 2.17 bits per heavy atom. The average molecular weight is 312 g/mol. The molecule has 1 unspecified atom stereocenters. The van der Waals surface area contributed by atoms with Gasteiger partial charge in [0.1, 0.15) is 0 Å². The Bertz CT molecular complexity index is 433. The van der Waals surface area contributed by atoms with E-state index in [9.17, 15) is 0 Å². The first-order valence-corrected chi connectivity index (χ1v) is 7.16. The second kappa shape index (κ2) is 5.19. The van der Waals surface area contributed by atoms with Gasteiger partial charge in [0.2, 0.25) is 0 Å². The molecule has 0 radical (unpaired) electrons. The first kappa shape index (κ1) is 13.8. The fourth-order valence-corrected chi connectivity index (χ4v) is 2.86. The van der Waals surface area contributed by atoms with Gasteiger partial charge < -0.3 is 15.5 Å². The number of rotatable bonds is 3. The lowest BCUT2D eigenvalue weighted by Crippen LogP contribution is -2.52. The first-order valence-electron chi connectivity index (χ1n) is 6.37. The lowest BCUT2D eigenvalue weighted by Gasteiger charge is -2.35. The van der Waals surface area contributed by atoms with Crippen LogP contribution in [0.25, 0.3) is 0 Å². The van der Waals surface area contributed by atoms with Crippen LogP contribution in [0.3, 0.4) is 0 Å². The van der Waals surface area contributed by atoms with Crippen molar-refractivity contribution in [1.29, 1.82) is 0 Å². The zero-order valence-corrected chi connectivity index (χ0v) is 13.0. The fourth-order valence-electron chi connectivity index (χ4n) is 2.62. The summed E-state index contributed by atoms with van der Waals surface area (Å²) in [7, 11) is 4.26. The molecular formula is C14H22BrN3. The Morgan fingerprint density at radius 1 is 1.44 bits per heavy atom. The molecule has 3 nitrogen and oxygen atoms in total. The molecule has 1 aliphatic rings. The second-order valence-corrected chi connectivity index (χ2v) is 6.28. The van der Waals surface area contributed by atoms with Crippen molar-refractivity contribution < 1.29 is 0 Å². The molecule has 1 aromatic carbocycles. The van der Waals surface area contributed by atoms with E-state index >= 15 is 0 Å². The van der Waals surface area contributed by atoms with Crippen molar-refractivity contribution in [2.24, 2.45) is 5.73 Å². The van der Waals surface area contributed by atoms with E-state index in [1.165, 1.54) is 15.7 Å². The summed E-state index contributed by atoms with van der Waals surface area (Å²) in [6.45, 7) is 4.94. The molecule has 2 rings (SSSR count). The number of hydrogen-bond acceptors (Lipinski definition) is 3. The van der Waals surface area contributed by atoms with Gasteiger partial charge in [-0.3, -0.25) is 0 Å². The summed E-state index contributed by atoms with van der Waals surface area (Å²) in [6.07, 6.45) is 1.13. The molecular weight excluding hydrogens is 290 g/mol. The summed E-state index contributed by atoms with van der Waals surface area (Å²) in [6, 6.07) is 6.55. The van der Waals surface area contributed by atoms with E-state index in [0.717, 1.165) is 19.5 Å². The van der Waals surface area contributed by atoms with Crippen molar-refractivity contribution >= 4 is 21.6 Å². The monoisotopic (exact) mass is 311 g/mol. The Kier molecular flexibility index (Phi) is 3.99. The highest BCUT2D eigenvalue weighted by atomic mass is 79.9. The van der Waals surface area contributed by atoms with E-state index in [1.807, 2.05) is 0 Å². The molecule has 1 aliphatic heterocycles. The molecule has 0 spiro atoms. The summed E-state index contributed by atoms with van der Waals surface area (Å²) in [5, 5.41) is 0. The standard InChI is InChI=1S/C14H22BrN3/c1-11-8-12(4-5-13(11)15)18-7-6-14(9-16,10-18)17(2)3/h4-5,8H,6-7,9-10,16H2,1-3H3. The smallest absolute Gasteiger partial charge is 0.0518 e. The Labute approximate surface area is 118 Å². The maximum Gasteiger partial charge on any atom is 0.0518 e. The van der Waals surface area contributed by atoms with Crippen LogP contribution in [0.15, 0.2) is 22.7 Å². The third-order valence-electron chi connectivity index (χ3n) is 4.17. The average Bonchev–Trinajstić information content (AvgIpc) is 2.78. The van der Waals surface area contributed by atoms with Gasteiger partial charge in [-0.15, -0.1) is 0 Å². The third kappa shape index (κ3) is 2.42. The predicted molar refractivity (Wildman–Crippen MR) is 81.2 cm³/mol. The van der Waals surface area contributed by atoms with Crippen molar-refractivity contribution in [3.8, 4) is 0 Å². The van der Waals surface area contributed by atoms with Gasteiger partial charge in [-0.2, -0.15) is 0 Å². The topological polar surface area (TPSA) is 32.5 Å². The van der Waals surface area contributed by atoms with E-state index < -0.39 is 0 Å². The highest BCUT2D eigenvalue weighted by Crippen LogP contribution is 2.31. The molecule has 1 fully saturated rings. The van der Waals surface area contributed by atoms with Gasteiger partial charge in [0.15, 0.2) is 0 Å². The van der Waals surface area contributed by atoms with Crippen molar-refractivity contribution in [3.05, 3.63) is 28.2 Å². The van der Waals surface area contributed by atoms with Gasteiger partial charge in [0.05, 0.1) is 5.54 Å². The summed E-state index contributed by atoms with van der Waals surface area (Å²) in [5.41, 5.74) is 8.69. The number of nitrogens with two attached hydrogens (primary N) is 1. The molecule has 0 bridgehead atoms. The number of hydrogen-bond donors (Lipinski definition) is 1. The van der Waals surface area contributed by atoms with Crippen LogP contribution in [-0.4, -0.2) is 44.2 Å². The predicted octanol–water partition coefficient (Wildman–Crippen LogP) is 2.23. The highest BCUT2D eigenvalue weighted by molar-refractivity contribution is 9.10. The number of anilines is 1. The Balaban J connectivity index is 2.19. The molecule has 2 N–H and O–H groups in total. The molecule has 18 heavy (non-hydrogen) atoms. The van der Waals surface area contributed by atoms with Crippen LogP contribution in [0.1, 0.15) is 12.0 Å². The van der Waals surface area contributed by atoms with Crippen LogP contribution >= 0.6 is 15.9 Å². The molecule has 0 saturated carbocycles. The highest BCUT2D eigenvalue weighted by Gasteiger charge is 2.38. The maximum absolute atomic E-state index is 5.99. The van der Waals surface area contributed by atoms with Crippen LogP contribution in [0, 0.1) is 6.92 Å². The number of aryl methyl sites for hydroxylation is 1. The number of likely N-dealkylation sites (N-methyl/N-ethyl adjacent to an activating group) is 1. The third-order valence-corrected chi connectivity index (χ3v) is 5.06. The molecule has 0 amide bonds. The zero-order valence-electron chi connectivity index (χ0n) is 11.4. The number of nitrogens with zero attached hydrogens (tertiary/aromatic N) is 2. The summed E-state index contributed by atoms with van der Waals surface area (Å²) < 4.78 is 1.17. The molecule has 0 aromatic heterocycles. The van der Waals surface area contributed by atoms with Gasteiger partial charge in [-0.05, 0) is 51.2 Å². The van der Waals surface area contributed by atoms with E-state index in [-0.39, 0.29) is 5.54 Å². The van der Waals surface area contributed by atoms with Crippen LogP contribution in [0.5, 0.6) is 0 Å². The van der Waals surface area contributed by atoms with Crippen LogP contribution in [0.4, 0.5) is 5.69 Å². The molecule has 100 valence electrons. The number of halogens is 1. The summed E-state index contributed by atoms with van der Waals surface area (Å²) >= 11 is 3.55. The normalized spacial score (nSPS) is 24.0. The quantitative estimate of drug-likeness (QED) is 0.929. The zero-order chi connectivity index (χ0) is 13.3. The minimum absolute atomic E-state index is 0.126. The van der Waals surface area contributed by atoms with Crippen molar-refractivity contribution in [3.63, 3.8) is 0 Å². The Morgan fingerprint density at radius 3 is 2.67 bits per heavy atom. The molecule has 0 aliphatic carbocycles. The van der Waals surface area contributed by atoms with Crippen molar-refractivity contribution in [2.45, 2.75) is 18.9 Å².